The fourth-order valence-electron chi connectivity index (χ4n) is 3.83. The average Bonchev–Trinajstić information content (AvgIpc) is 3.29. The maximum Gasteiger partial charge on any atom is 0.255 e. The first-order chi connectivity index (χ1) is 16.1. The largest absolute Gasteiger partial charge is 0.441 e. The minimum absolute atomic E-state index is 0.154. The number of aryl methyl sites for hydroxylation is 1. The molecule has 3 N–H and O–H groups in total. The van der Waals surface area contributed by atoms with Crippen LogP contribution in [0.25, 0.3) is 28.2 Å². The van der Waals surface area contributed by atoms with Gasteiger partial charge in [0.05, 0.1) is 11.8 Å². The fraction of sp³-hybridized carbons (Fsp3) is 0.111. The number of nitrogens with one attached hydrogen (secondary N) is 2. The normalized spacial score (nSPS) is 15.2. The molecule has 0 aliphatic carbocycles. The van der Waals surface area contributed by atoms with Crippen molar-refractivity contribution < 1.29 is 9.52 Å². The molecule has 0 saturated carbocycles. The van der Waals surface area contributed by atoms with Crippen LogP contribution in [0.1, 0.15) is 22.5 Å². The third kappa shape index (κ3) is 4.42. The van der Waals surface area contributed by atoms with E-state index in [9.17, 15) is 9.90 Å². The van der Waals surface area contributed by atoms with Crippen molar-refractivity contribution in [2.24, 2.45) is 0 Å². The zero-order valence-electron chi connectivity index (χ0n) is 18.1. The van der Waals surface area contributed by atoms with E-state index >= 15 is 0 Å². The predicted octanol–water partition coefficient (Wildman–Crippen LogP) is 4.41. The molecule has 0 spiro atoms. The molecule has 33 heavy (non-hydrogen) atoms. The topological polar surface area (TPSA) is 91.2 Å². The molecule has 0 amide bonds. The van der Waals surface area contributed by atoms with E-state index < -0.39 is 6.23 Å². The van der Waals surface area contributed by atoms with E-state index in [4.69, 9.17) is 4.42 Å². The molecular weight excluding hydrogens is 414 g/mol. The number of aliphatic hydroxyl groups is 1. The lowest BCUT2D eigenvalue weighted by Gasteiger charge is -2.18. The summed E-state index contributed by atoms with van der Waals surface area (Å²) in [5.41, 5.74) is 5.97. The van der Waals surface area contributed by atoms with Crippen LogP contribution in [0.3, 0.4) is 0 Å². The molecule has 4 aromatic rings. The summed E-state index contributed by atoms with van der Waals surface area (Å²) in [5, 5.41) is 13.0. The number of hydrogen-bond acceptors (Lipinski definition) is 5. The number of aliphatic hydroxyl groups excluding tert-OH is 1. The Morgan fingerprint density at radius 3 is 2.55 bits per heavy atom. The number of nitrogens with zero attached hydrogens (tertiary/aromatic N) is 1. The van der Waals surface area contributed by atoms with Crippen molar-refractivity contribution in [2.75, 3.05) is 0 Å². The lowest BCUT2D eigenvalue weighted by atomic mass is 10.00. The van der Waals surface area contributed by atoms with Gasteiger partial charge in [0.2, 0.25) is 5.89 Å². The number of dihydropyridines is 1. The van der Waals surface area contributed by atoms with E-state index in [0.717, 1.165) is 33.6 Å². The lowest BCUT2D eigenvalue weighted by Crippen LogP contribution is -2.26. The van der Waals surface area contributed by atoms with Gasteiger partial charge >= 0.3 is 0 Å². The Labute approximate surface area is 191 Å². The Balaban J connectivity index is 1.35. The van der Waals surface area contributed by atoms with Gasteiger partial charge in [0.1, 0.15) is 5.76 Å². The van der Waals surface area contributed by atoms with Crippen LogP contribution >= 0.6 is 0 Å². The van der Waals surface area contributed by atoms with Crippen molar-refractivity contribution in [3.63, 3.8) is 0 Å². The highest BCUT2D eigenvalue weighted by Crippen LogP contribution is 2.25. The summed E-state index contributed by atoms with van der Waals surface area (Å²) >= 11 is 0. The Kier molecular flexibility index (Phi) is 5.50. The third-order valence-electron chi connectivity index (χ3n) is 5.65. The van der Waals surface area contributed by atoms with Crippen LogP contribution in [0.2, 0.25) is 0 Å². The maximum atomic E-state index is 12.4. The van der Waals surface area contributed by atoms with Gasteiger partial charge in [-0.1, -0.05) is 60.2 Å². The van der Waals surface area contributed by atoms with Crippen LogP contribution in [0, 0.1) is 6.92 Å². The predicted molar refractivity (Wildman–Crippen MR) is 128 cm³/mol. The van der Waals surface area contributed by atoms with Crippen molar-refractivity contribution in [1.82, 2.24) is 15.3 Å². The number of rotatable bonds is 5. The minimum Gasteiger partial charge on any atom is -0.441 e. The monoisotopic (exact) mass is 437 g/mol. The van der Waals surface area contributed by atoms with Gasteiger partial charge in [-0.3, -0.25) is 4.79 Å². The zero-order valence-corrected chi connectivity index (χ0v) is 18.1. The zero-order chi connectivity index (χ0) is 22.8. The van der Waals surface area contributed by atoms with Crippen molar-refractivity contribution in [1.29, 1.82) is 0 Å². The van der Waals surface area contributed by atoms with Gasteiger partial charge in [-0.25, -0.2) is 4.98 Å². The second kappa shape index (κ2) is 8.76. The number of pyridine rings is 1. The van der Waals surface area contributed by atoms with E-state index in [0.29, 0.717) is 23.4 Å². The molecular formula is C27H23N3O3. The van der Waals surface area contributed by atoms with Crippen LogP contribution in [-0.2, 0) is 6.42 Å². The van der Waals surface area contributed by atoms with E-state index in [1.165, 1.54) is 0 Å². The Morgan fingerprint density at radius 1 is 1.03 bits per heavy atom. The Hall–Kier alpha value is -4.16. The van der Waals surface area contributed by atoms with Crippen molar-refractivity contribution in [3.8, 4) is 22.6 Å². The summed E-state index contributed by atoms with van der Waals surface area (Å²) in [7, 11) is 0. The second-order valence-corrected chi connectivity index (χ2v) is 8.05. The molecule has 0 radical (unpaired) electrons. The molecule has 0 saturated heterocycles. The average molecular weight is 437 g/mol. The summed E-state index contributed by atoms with van der Waals surface area (Å²) in [6.07, 6.45) is 8.69. The first-order valence-electron chi connectivity index (χ1n) is 10.7. The van der Waals surface area contributed by atoms with E-state index in [1.54, 1.807) is 24.7 Å². The molecule has 1 aliphatic rings. The van der Waals surface area contributed by atoms with Crippen LogP contribution in [0.4, 0.5) is 0 Å². The number of benzene rings is 2. The van der Waals surface area contributed by atoms with Gasteiger partial charge < -0.3 is 19.8 Å². The molecule has 0 bridgehead atoms. The molecule has 1 atom stereocenters. The van der Waals surface area contributed by atoms with E-state index in [1.807, 2.05) is 67.6 Å². The molecule has 1 unspecified atom stereocenters. The highest BCUT2D eigenvalue weighted by atomic mass is 16.4. The SMILES string of the molecule is Cc1ccc(-c2cc(-c3ncc(Cc4ccc(C5=CC=CNC5O)cc4)o3)c[nH]c2=O)cc1. The quantitative estimate of drug-likeness (QED) is 0.430. The number of allylic oxidation sites excluding steroid dienone is 2. The van der Waals surface area contributed by atoms with E-state index in [-0.39, 0.29) is 5.56 Å². The van der Waals surface area contributed by atoms with Gasteiger partial charge in [0.15, 0.2) is 6.23 Å². The summed E-state index contributed by atoms with van der Waals surface area (Å²) < 4.78 is 5.98. The maximum absolute atomic E-state index is 12.4. The van der Waals surface area contributed by atoms with Crippen molar-refractivity contribution >= 4 is 5.57 Å². The Morgan fingerprint density at radius 2 is 1.79 bits per heavy atom. The Bertz CT molecular complexity index is 1390. The summed E-state index contributed by atoms with van der Waals surface area (Å²) in [6.45, 7) is 2.01. The van der Waals surface area contributed by atoms with Crippen LogP contribution < -0.4 is 10.9 Å². The van der Waals surface area contributed by atoms with Crippen LogP contribution in [-0.4, -0.2) is 21.3 Å². The molecule has 2 aromatic carbocycles. The van der Waals surface area contributed by atoms with Crippen molar-refractivity contribution in [2.45, 2.75) is 19.6 Å². The van der Waals surface area contributed by atoms with Gasteiger partial charge in [0.25, 0.3) is 5.56 Å². The standard InChI is InChI=1S/C27H23N3O3/c1-17-4-8-20(9-5-17)24-14-21(15-29-26(24)32)27-30-16-22(33-27)13-18-6-10-19(11-7-18)23-3-2-12-28-25(23)31/h2-12,14-16,25,28,31H,13H2,1H3,(H,29,32). The third-order valence-corrected chi connectivity index (χ3v) is 5.65. The summed E-state index contributed by atoms with van der Waals surface area (Å²) in [6, 6.07) is 17.6. The fourth-order valence-corrected chi connectivity index (χ4v) is 3.83. The summed E-state index contributed by atoms with van der Waals surface area (Å²) in [4.78, 5) is 19.6. The van der Waals surface area contributed by atoms with Gasteiger partial charge in [-0.2, -0.15) is 0 Å². The first kappa shape index (κ1) is 20.7. The number of oxazole rings is 1. The number of H-pyrrole nitrogens is 1. The molecule has 2 aromatic heterocycles. The second-order valence-electron chi connectivity index (χ2n) is 8.05. The lowest BCUT2D eigenvalue weighted by molar-refractivity contribution is 0.210. The highest BCUT2D eigenvalue weighted by molar-refractivity contribution is 5.71. The molecule has 5 rings (SSSR count). The molecule has 6 nitrogen and oxygen atoms in total. The summed E-state index contributed by atoms with van der Waals surface area (Å²) in [5.74, 6) is 1.18. The first-order valence-corrected chi connectivity index (χ1v) is 10.7. The number of aromatic nitrogens is 2. The highest BCUT2D eigenvalue weighted by Gasteiger charge is 2.14. The number of aromatic amines is 1. The molecule has 1 aliphatic heterocycles. The van der Waals surface area contributed by atoms with E-state index in [2.05, 4.69) is 15.3 Å². The molecule has 0 fully saturated rings. The van der Waals surface area contributed by atoms with Gasteiger partial charge in [-0.15, -0.1) is 0 Å². The minimum atomic E-state index is -0.709. The van der Waals surface area contributed by atoms with Crippen molar-refractivity contribution in [3.05, 3.63) is 118 Å². The van der Waals surface area contributed by atoms with Crippen LogP contribution in [0.5, 0.6) is 0 Å². The smallest absolute Gasteiger partial charge is 0.255 e. The van der Waals surface area contributed by atoms with Crippen LogP contribution in [0.15, 0.2) is 94.6 Å². The van der Waals surface area contributed by atoms with Gasteiger partial charge in [-0.05, 0) is 42.0 Å². The molecule has 6 heteroatoms. The van der Waals surface area contributed by atoms with Gasteiger partial charge in [0, 0.05) is 23.8 Å². The molecule has 164 valence electrons. The number of hydrogen-bond donors (Lipinski definition) is 3. The molecule has 3 heterocycles.